The van der Waals surface area contributed by atoms with E-state index in [1.807, 2.05) is 0 Å². The van der Waals surface area contributed by atoms with E-state index in [9.17, 15) is 24.2 Å². The van der Waals surface area contributed by atoms with Crippen molar-refractivity contribution >= 4 is 11.9 Å². The van der Waals surface area contributed by atoms with Crippen molar-refractivity contribution < 1.29 is 24.2 Å². The Hall–Kier alpha value is -2.70. The molecular weight excluding hydrogens is 291 g/mol. The number of aromatic carboxylic acids is 1. The molecule has 0 radical (unpaired) electrons. The van der Waals surface area contributed by atoms with E-state index >= 15 is 0 Å². The average molecular weight is 304 g/mol. The van der Waals surface area contributed by atoms with Gasteiger partial charge in [-0.05, 0) is 25.0 Å². The van der Waals surface area contributed by atoms with Gasteiger partial charge in [0.05, 0.1) is 11.6 Å². The van der Waals surface area contributed by atoms with Crippen LogP contribution in [0.3, 0.4) is 0 Å². The highest BCUT2D eigenvalue weighted by molar-refractivity contribution is 5.88. The summed E-state index contributed by atoms with van der Waals surface area (Å²) in [4.78, 5) is 26.6. The molecule has 0 saturated carbocycles. The van der Waals surface area contributed by atoms with Crippen molar-refractivity contribution in [2.45, 2.75) is 19.4 Å². The number of hydrogen-bond donors (Lipinski definition) is 2. The molecule has 2 aromatic rings. The fourth-order valence-corrected chi connectivity index (χ4v) is 2.78. The number of carbonyl (C=O) groups is 2. The van der Waals surface area contributed by atoms with Crippen molar-refractivity contribution in [3.63, 3.8) is 0 Å². The van der Waals surface area contributed by atoms with Crippen LogP contribution in [-0.2, 0) is 17.8 Å². The molecule has 1 aliphatic heterocycles. The summed E-state index contributed by atoms with van der Waals surface area (Å²) in [5, 5.41) is 18.4. The van der Waals surface area contributed by atoms with Gasteiger partial charge >= 0.3 is 11.9 Å². The summed E-state index contributed by atoms with van der Waals surface area (Å²) in [5.74, 6) is -2.87. The van der Waals surface area contributed by atoms with E-state index in [2.05, 4.69) is 4.98 Å². The van der Waals surface area contributed by atoms with Crippen molar-refractivity contribution in [3.8, 4) is 11.4 Å². The first-order valence-electron chi connectivity index (χ1n) is 6.79. The lowest BCUT2D eigenvalue weighted by Gasteiger charge is -2.22. The van der Waals surface area contributed by atoms with Gasteiger partial charge in [0.15, 0.2) is 5.69 Å². The molecule has 1 unspecified atom stereocenters. The van der Waals surface area contributed by atoms with Crippen LogP contribution in [0.5, 0.6) is 0 Å². The largest absolute Gasteiger partial charge is 0.481 e. The summed E-state index contributed by atoms with van der Waals surface area (Å²) in [6, 6.07) is 5.66. The van der Waals surface area contributed by atoms with Crippen molar-refractivity contribution in [2.24, 2.45) is 5.92 Å². The van der Waals surface area contributed by atoms with E-state index in [1.165, 1.54) is 18.2 Å². The molecule has 1 aromatic carbocycles. The quantitative estimate of drug-likeness (QED) is 0.905. The molecular formula is C15H13FN2O4. The SMILES string of the molecule is O=C(O)c1nc(-c2cccc(F)c2)n2c1CCC(C(=O)O)C2. The van der Waals surface area contributed by atoms with Gasteiger partial charge in [0.1, 0.15) is 11.6 Å². The number of aromatic nitrogens is 2. The Morgan fingerprint density at radius 3 is 2.73 bits per heavy atom. The highest BCUT2D eigenvalue weighted by atomic mass is 19.1. The maximum Gasteiger partial charge on any atom is 0.356 e. The molecule has 0 fully saturated rings. The highest BCUT2D eigenvalue weighted by Gasteiger charge is 2.31. The summed E-state index contributed by atoms with van der Waals surface area (Å²) in [5.41, 5.74) is 0.826. The molecule has 2 N–H and O–H groups in total. The maximum atomic E-state index is 13.4. The van der Waals surface area contributed by atoms with Crippen LogP contribution in [0.1, 0.15) is 22.6 Å². The Labute approximate surface area is 124 Å². The molecule has 3 rings (SSSR count). The minimum atomic E-state index is -1.17. The third-order valence-corrected chi connectivity index (χ3v) is 3.84. The summed E-state index contributed by atoms with van der Waals surface area (Å²) < 4.78 is 15.0. The second-order valence-corrected chi connectivity index (χ2v) is 5.23. The number of imidazole rings is 1. The Bertz CT molecular complexity index is 769. The monoisotopic (exact) mass is 304 g/mol. The predicted octanol–water partition coefficient (Wildman–Crippen LogP) is 2.03. The van der Waals surface area contributed by atoms with Crippen LogP contribution < -0.4 is 0 Å². The van der Waals surface area contributed by atoms with Crippen LogP contribution in [0, 0.1) is 11.7 Å². The van der Waals surface area contributed by atoms with Gasteiger partial charge in [-0.2, -0.15) is 0 Å². The Morgan fingerprint density at radius 1 is 1.32 bits per heavy atom. The van der Waals surface area contributed by atoms with E-state index in [0.29, 0.717) is 24.1 Å². The van der Waals surface area contributed by atoms with Gasteiger partial charge in [-0.15, -0.1) is 0 Å². The number of carboxylic acid groups (broad SMARTS) is 2. The summed E-state index contributed by atoms with van der Waals surface area (Å²) in [7, 11) is 0. The number of nitrogens with zero attached hydrogens (tertiary/aromatic N) is 2. The highest BCUT2D eigenvalue weighted by Crippen LogP contribution is 2.30. The molecule has 7 heteroatoms. The van der Waals surface area contributed by atoms with Gasteiger partial charge in [-0.3, -0.25) is 4.79 Å². The topological polar surface area (TPSA) is 92.4 Å². The second-order valence-electron chi connectivity index (χ2n) is 5.23. The molecule has 2 heterocycles. The van der Waals surface area contributed by atoms with Gasteiger partial charge < -0.3 is 14.8 Å². The zero-order chi connectivity index (χ0) is 15.9. The number of benzene rings is 1. The molecule has 0 spiro atoms. The Morgan fingerprint density at radius 2 is 2.09 bits per heavy atom. The van der Waals surface area contributed by atoms with Gasteiger partial charge in [-0.25, -0.2) is 14.2 Å². The molecule has 0 bridgehead atoms. The first-order chi connectivity index (χ1) is 10.5. The number of halogens is 1. The fourth-order valence-electron chi connectivity index (χ4n) is 2.78. The van der Waals surface area contributed by atoms with E-state index < -0.39 is 23.7 Å². The lowest BCUT2D eigenvalue weighted by atomic mass is 9.97. The van der Waals surface area contributed by atoms with Gasteiger partial charge in [0.25, 0.3) is 0 Å². The van der Waals surface area contributed by atoms with Crippen LogP contribution in [0.2, 0.25) is 0 Å². The minimum Gasteiger partial charge on any atom is -0.481 e. The zero-order valence-electron chi connectivity index (χ0n) is 11.5. The minimum absolute atomic E-state index is 0.0944. The van der Waals surface area contributed by atoms with Crippen LogP contribution in [0.25, 0.3) is 11.4 Å². The molecule has 22 heavy (non-hydrogen) atoms. The lowest BCUT2D eigenvalue weighted by molar-refractivity contribution is -0.142. The Balaban J connectivity index is 2.15. The number of rotatable bonds is 3. The summed E-state index contributed by atoms with van der Waals surface area (Å²) in [6.07, 6.45) is 0.685. The number of hydrogen-bond acceptors (Lipinski definition) is 3. The first-order valence-corrected chi connectivity index (χ1v) is 6.79. The molecule has 0 aliphatic carbocycles. The number of fused-ring (bicyclic) bond motifs is 1. The van der Waals surface area contributed by atoms with E-state index in [1.54, 1.807) is 10.6 Å². The molecule has 6 nitrogen and oxygen atoms in total. The van der Waals surface area contributed by atoms with Crippen molar-refractivity contribution in [2.75, 3.05) is 0 Å². The van der Waals surface area contributed by atoms with E-state index in [0.717, 1.165) is 0 Å². The predicted molar refractivity (Wildman–Crippen MR) is 74.0 cm³/mol. The van der Waals surface area contributed by atoms with Crippen molar-refractivity contribution in [1.29, 1.82) is 0 Å². The van der Waals surface area contributed by atoms with Gasteiger partial charge in [0, 0.05) is 12.1 Å². The van der Waals surface area contributed by atoms with Crippen molar-refractivity contribution in [1.82, 2.24) is 9.55 Å². The molecule has 114 valence electrons. The number of aliphatic carboxylic acids is 1. The van der Waals surface area contributed by atoms with Crippen LogP contribution in [0.15, 0.2) is 24.3 Å². The van der Waals surface area contributed by atoms with Gasteiger partial charge in [0.2, 0.25) is 0 Å². The van der Waals surface area contributed by atoms with E-state index in [-0.39, 0.29) is 18.1 Å². The summed E-state index contributed by atoms with van der Waals surface area (Å²) in [6.45, 7) is 0.136. The van der Waals surface area contributed by atoms with Crippen LogP contribution in [0.4, 0.5) is 4.39 Å². The molecule has 0 saturated heterocycles. The van der Waals surface area contributed by atoms with E-state index in [4.69, 9.17) is 0 Å². The molecule has 1 aliphatic rings. The first kappa shape index (κ1) is 14.2. The third kappa shape index (κ3) is 2.34. The van der Waals surface area contributed by atoms with Crippen LogP contribution in [-0.4, -0.2) is 31.7 Å². The van der Waals surface area contributed by atoms with Crippen molar-refractivity contribution in [3.05, 3.63) is 41.5 Å². The fraction of sp³-hybridized carbons (Fsp3) is 0.267. The standard InChI is InChI=1S/C15H13FN2O4/c16-10-3-1-2-8(6-10)13-17-12(15(21)22)11-5-4-9(14(19)20)7-18(11)13/h1-3,6,9H,4-5,7H2,(H,19,20)(H,21,22). The zero-order valence-corrected chi connectivity index (χ0v) is 11.5. The molecule has 0 amide bonds. The lowest BCUT2D eigenvalue weighted by Crippen LogP contribution is -2.27. The summed E-state index contributed by atoms with van der Waals surface area (Å²) >= 11 is 0. The maximum absolute atomic E-state index is 13.4. The smallest absolute Gasteiger partial charge is 0.356 e. The Kier molecular flexibility index (Phi) is 3.40. The second kappa shape index (κ2) is 5.25. The molecule has 1 atom stereocenters. The average Bonchev–Trinajstić information content (AvgIpc) is 2.86. The van der Waals surface area contributed by atoms with Gasteiger partial charge in [-0.1, -0.05) is 12.1 Å². The number of carboxylic acids is 2. The van der Waals surface area contributed by atoms with Crippen LogP contribution >= 0.6 is 0 Å². The molecule has 1 aromatic heterocycles. The third-order valence-electron chi connectivity index (χ3n) is 3.84. The normalized spacial score (nSPS) is 17.0.